The van der Waals surface area contributed by atoms with Crippen molar-refractivity contribution in [2.75, 3.05) is 0 Å². The molecule has 0 fully saturated rings. The van der Waals surface area contributed by atoms with Gasteiger partial charge in [0.2, 0.25) is 5.78 Å². The highest BCUT2D eigenvalue weighted by molar-refractivity contribution is 6.35. The highest BCUT2D eigenvalue weighted by Crippen LogP contribution is 2.39. The fourth-order valence-corrected chi connectivity index (χ4v) is 3.49. The van der Waals surface area contributed by atoms with Crippen LogP contribution in [0.1, 0.15) is 27.0 Å². The molecule has 0 atom stereocenters. The molecule has 1 heterocycles. The summed E-state index contributed by atoms with van der Waals surface area (Å²) in [4.78, 5) is 12.6. The van der Waals surface area contributed by atoms with Crippen molar-refractivity contribution in [2.24, 2.45) is 0 Å². The van der Waals surface area contributed by atoms with E-state index in [1.54, 1.807) is 48.5 Å². The van der Waals surface area contributed by atoms with Gasteiger partial charge < -0.3 is 9.47 Å². The van der Waals surface area contributed by atoms with Gasteiger partial charge in [-0.3, -0.25) is 4.79 Å². The molecule has 1 aliphatic rings. The van der Waals surface area contributed by atoms with Crippen molar-refractivity contribution in [3.63, 3.8) is 0 Å². The number of carbonyl (C=O) groups excluding carboxylic acids is 1. The van der Waals surface area contributed by atoms with Crippen molar-refractivity contribution >= 4 is 35.1 Å². The van der Waals surface area contributed by atoms with E-state index in [1.165, 1.54) is 12.1 Å². The van der Waals surface area contributed by atoms with Gasteiger partial charge in [0.25, 0.3) is 0 Å². The molecule has 0 saturated carbocycles. The molecule has 0 N–H and O–H groups in total. The van der Waals surface area contributed by atoms with E-state index in [0.29, 0.717) is 38.2 Å². The maximum atomic E-state index is 13.1. The Labute approximate surface area is 177 Å². The predicted octanol–water partition coefficient (Wildman–Crippen LogP) is 6.64. The first-order chi connectivity index (χ1) is 13.9. The number of ketones is 1. The normalized spacial score (nSPS) is 14.1. The van der Waals surface area contributed by atoms with Crippen molar-refractivity contribution in [1.82, 2.24) is 0 Å². The molecule has 1 aliphatic heterocycles. The average molecular weight is 429 g/mol. The third-order valence-corrected chi connectivity index (χ3v) is 5.19. The molecule has 0 aromatic heterocycles. The van der Waals surface area contributed by atoms with Crippen LogP contribution < -0.4 is 9.47 Å². The molecule has 3 nitrogen and oxygen atoms in total. The summed E-state index contributed by atoms with van der Waals surface area (Å²) in [7, 11) is 0. The van der Waals surface area contributed by atoms with Gasteiger partial charge in [-0.15, -0.1) is 0 Å². The Morgan fingerprint density at radius 3 is 2.55 bits per heavy atom. The first-order valence-electron chi connectivity index (χ1n) is 8.82. The Morgan fingerprint density at radius 2 is 1.83 bits per heavy atom. The largest absolute Gasteiger partial charge is 0.488 e. The smallest absolute Gasteiger partial charge is 0.231 e. The predicted molar refractivity (Wildman–Crippen MR) is 111 cm³/mol. The van der Waals surface area contributed by atoms with Crippen molar-refractivity contribution in [1.29, 1.82) is 0 Å². The van der Waals surface area contributed by atoms with Gasteiger partial charge in [0.05, 0.1) is 5.56 Å². The van der Waals surface area contributed by atoms with E-state index in [4.69, 9.17) is 32.7 Å². The molecule has 4 rings (SSSR count). The van der Waals surface area contributed by atoms with Gasteiger partial charge in [-0.05, 0) is 55.0 Å². The molecular formula is C23H15Cl2FO3. The van der Waals surface area contributed by atoms with Crippen LogP contribution in [0.2, 0.25) is 10.0 Å². The van der Waals surface area contributed by atoms with Gasteiger partial charge in [0, 0.05) is 21.2 Å². The molecule has 146 valence electrons. The van der Waals surface area contributed by atoms with Gasteiger partial charge in [-0.1, -0.05) is 41.4 Å². The summed E-state index contributed by atoms with van der Waals surface area (Å²) in [5.41, 5.74) is 2.65. The van der Waals surface area contributed by atoms with Crippen molar-refractivity contribution in [2.45, 2.75) is 13.5 Å². The lowest BCUT2D eigenvalue weighted by atomic mass is 10.1. The van der Waals surface area contributed by atoms with Crippen LogP contribution in [0.15, 0.2) is 60.4 Å². The molecule has 0 bridgehead atoms. The van der Waals surface area contributed by atoms with Crippen molar-refractivity contribution in [3.8, 4) is 11.5 Å². The molecular weight excluding hydrogens is 414 g/mol. The van der Waals surface area contributed by atoms with E-state index in [-0.39, 0.29) is 24.0 Å². The number of hydrogen-bond donors (Lipinski definition) is 0. The zero-order chi connectivity index (χ0) is 20.5. The minimum absolute atomic E-state index is 0.188. The first kappa shape index (κ1) is 19.5. The van der Waals surface area contributed by atoms with Crippen LogP contribution in [0, 0.1) is 12.7 Å². The lowest BCUT2D eigenvalue weighted by Crippen LogP contribution is -1.99. The molecule has 0 aliphatic carbocycles. The average Bonchev–Trinajstić information content (AvgIpc) is 3.01. The van der Waals surface area contributed by atoms with Crippen LogP contribution in [0.25, 0.3) is 6.08 Å². The second-order valence-electron chi connectivity index (χ2n) is 6.58. The summed E-state index contributed by atoms with van der Waals surface area (Å²) in [5.74, 6) is 0.675. The summed E-state index contributed by atoms with van der Waals surface area (Å²) < 4.78 is 24.8. The van der Waals surface area contributed by atoms with Crippen molar-refractivity contribution < 1.29 is 18.7 Å². The zero-order valence-corrected chi connectivity index (χ0v) is 16.9. The molecule has 0 amide bonds. The number of carbonyl (C=O) groups is 1. The number of Topliss-reactive ketones (excluding diaryl/α,β-unsaturated/α-hetero) is 1. The summed E-state index contributed by atoms with van der Waals surface area (Å²) in [6, 6.07) is 14.4. The van der Waals surface area contributed by atoms with Gasteiger partial charge in [-0.25, -0.2) is 4.39 Å². The molecule has 3 aromatic carbocycles. The Balaban J connectivity index is 1.57. The summed E-state index contributed by atoms with van der Waals surface area (Å²) in [6.45, 7) is 2.08. The number of halogens is 3. The van der Waals surface area contributed by atoms with Gasteiger partial charge in [0.1, 0.15) is 23.9 Å². The van der Waals surface area contributed by atoms with E-state index in [1.807, 2.05) is 6.92 Å². The van der Waals surface area contributed by atoms with Gasteiger partial charge in [0.15, 0.2) is 5.76 Å². The van der Waals surface area contributed by atoms with Crippen molar-refractivity contribution in [3.05, 3.63) is 98.5 Å². The molecule has 29 heavy (non-hydrogen) atoms. The molecule has 0 radical (unpaired) electrons. The molecule has 0 unspecified atom stereocenters. The SMILES string of the molecule is Cc1c(OCc2ccc(Cl)cc2Cl)ccc2c1O/C(=C\c1ccc(F)cc1)C2=O. The Morgan fingerprint density at radius 1 is 1.07 bits per heavy atom. The number of ether oxygens (including phenoxy) is 2. The maximum Gasteiger partial charge on any atom is 0.231 e. The number of hydrogen-bond acceptors (Lipinski definition) is 3. The summed E-state index contributed by atoms with van der Waals surface area (Å²) in [6.07, 6.45) is 1.59. The molecule has 6 heteroatoms. The van der Waals surface area contributed by atoms with Gasteiger partial charge in [-0.2, -0.15) is 0 Å². The van der Waals surface area contributed by atoms with Gasteiger partial charge >= 0.3 is 0 Å². The lowest BCUT2D eigenvalue weighted by molar-refractivity contribution is 0.101. The van der Waals surface area contributed by atoms with E-state index >= 15 is 0 Å². The molecule has 0 spiro atoms. The quantitative estimate of drug-likeness (QED) is 0.437. The van der Waals surface area contributed by atoms with E-state index in [0.717, 1.165) is 5.56 Å². The van der Waals surface area contributed by atoms with Crippen LogP contribution in [-0.2, 0) is 6.61 Å². The Kier molecular flexibility index (Phi) is 5.31. The van der Waals surface area contributed by atoms with Crippen LogP contribution in [0.4, 0.5) is 4.39 Å². The monoisotopic (exact) mass is 428 g/mol. The highest BCUT2D eigenvalue weighted by atomic mass is 35.5. The van der Waals surface area contributed by atoms with Crippen LogP contribution in [-0.4, -0.2) is 5.78 Å². The third kappa shape index (κ3) is 4.00. The molecule has 3 aromatic rings. The fourth-order valence-electron chi connectivity index (χ4n) is 3.03. The van der Waals surface area contributed by atoms with Crippen LogP contribution in [0.3, 0.4) is 0 Å². The Bertz CT molecular complexity index is 1140. The van der Waals surface area contributed by atoms with Crippen LogP contribution >= 0.6 is 23.2 Å². The number of benzene rings is 3. The Hall–Kier alpha value is -2.82. The minimum Gasteiger partial charge on any atom is -0.488 e. The lowest BCUT2D eigenvalue weighted by Gasteiger charge is -2.12. The van der Waals surface area contributed by atoms with Crippen LogP contribution in [0.5, 0.6) is 11.5 Å². The molecule has 0 saturated heterocycles. The fraction of sp³-hybridized carbons (Fsp3) is 0.0870. The standard InChI is InChI=1S/C23H15Cl2FO3/c1-13-20(28-12-15-4-5-16(24)11-19(15)25)9-8-18-22(27)21(29-23(13)18)10-14-2-6-17(26)7-3-14/h2-11H,12H2,1H3/b21-10-. The second-order valence-corrected chi connectivity index (χ2v) is 7.42. The minimum atomic E-state index is -0.340. The topological polar surface area (TPSA) is 35.5 Å². The first-order valence-corrected chi connectivity index (χ1v) is 9.58. The second kappa shape index (κ2) is 7.90. The summed E-state index contributed by atoms with van der Waals surface area (Å²) >= 11 is 12.1. The van der Waals surface area contributed by atoms with E-state index in [9.17, 15) is 9.18 Å². The highest BCUT2D eigenvalue weighted by Gasteiger charge is 2.30. The maximum absolute atomic E-state index is 13.1. The van der Waals surface area contributed by atoms with E-state index in [2.05, 4.69) is 0 Å². The van der Waals surface area contributed by atoms with E-state index < -0.39 is 0 Å². The summed E-state index contributed by atoms with van der Waals surface area (Å²) in [5, 5.41) is 1.08. The number of rotatable bonds is 4. The number of allylic oxidation sites excluding steroid dienone is 1. The number of fused-ring (bicyclic) bond motifs is 1. The third-order valence-electron chi connectivity index (χ3n) is 4.60. The zero-order valence-electron chi connectivity index (χ0n) is 15.3.